The zero-order chi connectivity index (χ0) is 41.4. The Kier molecular flexibility index (Phi) is 8.05. The quantitative estimate of drug-likeness (QED) is 0.168. The lowest BCUT2D eigenvalue weighted by Crippen LogP contribution is -2.01. The monoisotopic (exact) mass is 821 g/mol. The fourth-order valence-corrected chi connectivity index (χ4v) is 10.7. The average Bonchev–Trinajstić information content (AvgIpc) is 4.02. The van der Waals surface area contributed by atoms with Gasteiger partial charge in [-0.25, -0.2) is 9.97 Å². The predicted octanol–water partition coefficient (Wildman–Crippen LogP) is 16.2. The average molecular weight is 822 g/mol. The van der Waals surface area contributed by atoms with E-state index in [0.29, 0.717) is 5.82 Å². The second-order valence-electron chi connectivity index (χ2n) is 16.1. The molecule has 0 unspecified atom stereocenters. The van der Waals surface area contributed by atoms with Gasteiger partial charge in [0.1, 0.15) is 11.2 Å². The maximum atomic E-state index is 7.08. The van der Waals surface area contributed by atoms with Crippen LogP contribution in [-0.2, 0) is 0 Å². The molecule has 4 aromatic heterocycles. The van der Waals surface area contributed by atoms with E-state index in [0.717, 1.165) is 83.5 Å². The first-order valence-corrected chi connectivity index (χ1v) is 22.0. The summed E-state index contributed by atoms with van der Waals surface area (Å²) in [6.07, 6.45) is 0. The minimum Gasteiger partial charge on any atom is -0.456 e. The Balaban J connectivity index is 1.11. The van der Waals surface area contributed by atoms with Crippen molar-refractivity contribution >= 4 is 75.3 Å². The zero-order valence-corrected chi connectivity index (χ0v) is 34.7. The van der Waals surface area contributed by atoms with Gasteiger partial charge in [0.15, 0.2) is 5.82 Å². The Hall–Kier alpha value is -8.12. The molecule has 4 heterocycles. The summed E-state index contributed by atoms with van der Waals surface area (Å²) in [6.45, 7) is 0. The Morgan fingerprint density at radius 2 is 0.984 bits per heavy atom. The van der Waals surface area contributed by atoms with Gasteiger partial charge in [0, 0.05) is 75.7 Å². The van der Waals surface area contributed by atoms with E-state index in [9.17, 15) is 0 Å². The number of furan rings is 1. The molecule has 63 heavy (non-hydrogen) atoms. The molecule has 9 aromatic carbocycles. The smallest absolute Gasteiger partial charge is 0.160 e. The summed E-state index contributed by atoms with van der Waals surface area (Å²) >= 11 is 1.85. The molecule has 294 valence electrons. The van der Waals surface area contributed by atoms with Gasteiger partial charge in [-0.1, -0.05) is 158 Å². The van der Waals surface area contributed by atoms with Gasteiger partial charge in [-0.3, -0.25) is 0 Å². The van der Waals surface area contributed by atoms with Crippen molar-refractivity contribution in [2.75, 3.05) is 0 Å². The van der Waals surface area contributed by atoms with E-state index in [-0.39, 0.29) is 0 Å². The molecule has 4 nitrogen and oxygen atoms in total. The van der Waals surface area contributed by atoms with Gasteiger partial charge in [0.25, 0.3) is 0 Å². The predicted molar refractivity (Wildman–Crippen MR) is 264 cm³/mol. The van der Waals surface area contributed by atoms with Crippen molar-refractivity contribution in [1.82, 2.24) is 14.5 Å². The largest absolute Gasteiger partial charge is 0.456 e. The topological polar surface area (TPSA) is 43.9 Å². The van der Waals surface area contributed by atoms with Crippen molar-refractivity contribution in [2.24, 2.45) is 0 Å². The SMILES string of the molecule is c1ccc(-c2cc(-c3c(-c4ccccc4)nc(-c4ccccc4)nc3-c3ccccc3)c3c(c2)oc2cc(-n4c5ccccc5c5cc6c(cc54)sc4ccccc46)ccc23)cc1. The van der Waals surface area contributed by atoms with E-state index in [1.807, 2.05) is 29.5 Å². The fraction of sp³-hybridized carbons (Fsp3) is 0. The van der Waals surface area contributed by atoms with Gasteiger partial charge < -0.3 is 8.98 Å². The minimum atomic E-state index is 0.674. The van der Waals surface area contributed by atoms with Crippen LogP contribution in [-0.4, -0.2) is 14.5 Å². The Morgan fingerprint density at radius 1 is 0.381 bits per heavy atom. The summed E-state index contributed by atoms with van der Waals surface area (Å²) in [5, 5.41) is 7.12. The molecule has 0 aliphatic carbocycles. The number of para-hydroxylation sites is 1. The number of aromatic nitrogens is 3. The molecule has 0 atom stereocenters. The summed E-state index contributed by atoms with van der Waals surface area (Å²) in [4.78, 5) is 10.9. The van der Waals surface area contributed by atoms with Crippen LogP contribution in [0.5, 0.6) is 0 Å². The van der Waals surface area contributed by atoms with Crippen LogP contribution in [0.15, 0.2) is 217 Å². The van der Waals surface area contributed by atoms with Gasteiger partial charge >= 0.3 is 0 Å². The van der Waals surface area contributed by atoms with Crippen molar-refractivity contribution in [3.8, 4) is 61.8 Å². The lowest BCUT2D eigenvalue weighted by molar-refractivity contribution is 0.669. The summed E-state index contributed by atoms with van der Waals surface area (Å²) in [6, 6.07) is 75.3. The molecule has 0 saturated carbocycles. The van der Waals surface area contributed by atoms with E-state index < -0.39 is 0 Å². The lowest BCUT2D eigenvalue weighted by Gasteiger charge is -2.18. The highest BCUT2D eigenvalue weighted by Crippen LogP contribution is 2.48. The van der Waals surface area contributed by atoms with Gasteiger partial charge in [0.2, 0.25) is 0 Å². The van der Waals surface area contributed by atoms with E-state index in [4.69, 9.17) is 14.4 Å². The first kappa shape index (κ1) is 35.6. The second kappa shape index (κ2) is 14.2. The molecule has 0 aliphatic heterocycles. The summed E-state index contributed by atoms with van der Waals surface area (Å²) in [7, 11) is 0. The minimum absolute atomic E-state index is 0.674. The molecule has 13 aromatic rings. The van der Waals surface area contributed by atoms with Crippen LogP contribution in [0, 0.1) is 0 Å². The molecule has 0 amide bonds. The van der Waals surface area contributed by atoms with E-state index in [1.165, 1.54) is 36.5 Å². The first-order chi connectivity index (χ1) is 31.2. The number of fused-ring (bicyclic) bond motifs is 9. The number of hydrogen-bond donors (Lipinski definition) is 0. The van der Waals surface area contributed by atoms with Crippen molar-refractivity contribution in [3.63, 3.8) is 0 Å². The second-order valence-corrected chi connectivity index (χ2v) is 17.2. The number of hydrogen-bond acceptors (Lipinski definition) is 4. The van der Waals surface area contributed by atoms with Gasteiger partial charge in [-0.15, -0.1) is 11.3 Å². The molecule has 0 N–H and O–H groups in total. The van der Waals surface area contributed by atoms with Crippen LogP contribution in [0.4, 0.5) is 0 Å². The molecule has 0 saturated heterocycles. The standard InChI is InChI=1S/C58H35N3OS/c1-5-17-36(18-6-1)40-31-47(55-56(37-19-7-2-8-20-37)59-58(39-23-11-4-12-24-39)60-57(55)38-21-9-3-10-22-38)54-44-30-29-41(33-50(44)62-51(54)32-40)61-48-27-15-13-25-42(48)45-34-46-43-26-14-16-28-52(43)63-53(46)35-49(45)61/h1-35H. The Labute approximate surface area is 366 Å². The molecule has 5 heteroatoms. The van der Waals surface area contributed by atoms with Crippen LogP contribution >= 0.6 is 11.3 Å². The highest BCUT2D eigenvalue weighted by atomic mass is 32.1. The zero-order valence-electron chi connectivity index (χ0n) is 33.9. The van der Waals surface area contributed by atoms with Crippen molar-refractivity contribution in [2.45, 2.75) is 0 Å². The molecule has 0 radical (unpaired) electrons. The Morgan fingerprint density at radius 3 is 1.68 bits per heavy atom. The van der Waals surface area contributed by atoms with Crippen molar-refractivity contribution < 1.29 is 4.42 Å². The van der Waals surface area contributed by atoms with Crippen molar-refractivity contribution in [3.05, 3.63) is 212 Å². The highest BCUT2D eigenvalue weighted by molar-refractivity contribution is 7.25. The third-order valence-corrected chi connectivity index (χ3v) is 13.5. The Bertz CT molecular complexity index is 3830. The lowest BCUT2D eigenvalue weighted by atomic mass is 9.89. The number of nitrogens with zero attached hydrogens (tertiary/aromatic N) is 3. The molecule has 0 aliphatic rings. The highest BCUT2D eigenvalue weighted by Gasteiger charge is 2.25. The summed E-state index contributed by atoms with van der Waals surface area (Å²) < 4.78 is 12.1. The van der Waals surface area contributed by atoms with Crippen molar-refractivity contribution in [1.29, 1.82) is 0 Å². The molecule has 13 rings (SSSR count). The van der Waals surface area contributed by atoms with E-state index in [1.54, 1.807) is 0 Å². The normalized spacial score (nSPS) is 11.8. The van der Waals surface area contributed by atoms with Crippen LogP contribution in [0.2, 0.25) is 0 Å². The van der Waals surface area contributed by atoms with Crippen LogP contribution in [0.3, 0.4) is 0 Å². The number of benzene rings is 9. The number of rotatable bonds is 6. The van der Waals surface area contributed by atoms with Crippen LogP contribution < -0.4 is 0 Å². The molecular formula is C58H35N3OS. The molecular weight excluding hydrogens is 787 g/mol. The molecule has 0 fully saturated rings. The fourth-order valence-electron chi connectivity index (χ4n) is 9.54. The maximum absolute atomic E-state index is 7.08. The molecule has 0 bridgehead atoms. The third kappa shape index (κ3) is 5.74. The van der Waals surface area contributed by atoms with E-state index >= 15 is 0 Å². The van der Waals surface area contributed by atoms with Gasteiger partial charge in [-0.05, 0) is 65.2 Å². The van der Waals surface area contributed by atoms with E-state index in [2.05, 4.69) is 199 Å². The summed E-state index contributed by atoms with van der Waals surface area (Å²) in [5.74, 6) is 0.674. The first-order valence-electron chi connectivity index (χ1n) is 21.2. The third-order valence-electron chi connectivity index (χ3n) is 12.4. The van der Waals surface area contributed by atoms with Crippen LogP contribution in [0.25, 0.3) is 126 Å². The summed E-state index contributed by atoms with van der Waals surface area (Å²) in [5.41, 5.74) is 13.8. The van der Waals surface area contributed by atoms with Gasteiger partial charge in [0.05, 0.1) is 22.4 Å². The maximum Gasteiger partial charge on any atom is 0.160 e. The van der Waals surface area contributed by atoms with Crippen LogP contribution in [0.1, 0.15) is 0 Å². The molecule has 0 spiro atoms. The number of thiophene rings is 1. The van der Waals surface area contributed by atoms with Gasteiger partial charge in [-0.2, -0.15) is 0 Å².